The molecule has 0 aliphatic rings. The zero-order valence-corrected chi connectivity index (χ0v) is 4.45. The summed E-state index contributed by atoms with van der Waals surface area (Å²) >= 11 is 0. The minimum absolute atomic E-state index is 0.100. The molecule has 0 spiro atoms. The van der Waals surface area contributed by atoms with E-state index in [9.17, 15) is 4.91 Å². The first kappa shape index (κ1) is 7.52. The molecule has 0 amide bonds. The van der Waals surface area contributed by atoms with Gasteiger partial charge in [0.2, 0.25) is 0 Å². The van der Waals surface area contributed by atoms with Crippen molar-refractivity contribution >= 4 is 0 Å². The molecule has 0 fully saturated rings. The van der Waals surface area contributed by atoms with Crippen LogP contribution in [0.15, 0.2) is 5.18 Å². The minimum Gasteiger partial charge on any atom is -0.396 e. The molecule has 0 saturated carbocycles. The predicted octanol–water partition coefficient (Wildman–Crippen LogP) is -0.504. The quantitative estimate of drug-likeness (QED) is 0.490. The fraction of sp³-hybridized carbons (Fsp3) is 1.00. The van der Waals surface area contributed by atoms with Gasteiger partial charge in [-0.1, -0.05) is 5.18 Å². The SMILES string of the molecule is O=NC(CO)CCO. The molecular formula is C4H9NO3. The Balaban J connectivity index is 3.21. The van der Waals surface area contributed by atoms with Crippen molar-refractivity contribution in [2.24, 2.45) is 5.18 Å². The smallest absolute Gasteiger partial charge is 0.117 e. The summed E-state index contributed by atoms with van der Waals surface area (Å²) in [6.07, 6.45) is 0.250. The molecule has 48 valence electrons. The van der Waals surface area contributed by atoms with Crippen LogP contribution in [0.5, 0.6) is 0 Å². The number of hydrogen-bond donors (Lipinski definition) is 2. The summed E-state index contributed by atoms with van der Waals surface area (Å²) in [5.74, 6) is 0. The van der Waals surface area contributed by atoms with Gasteiger partial charge in [0, 0.05) is 6.61 Å². The van der Waals surface area contributed by atoms with Crippen molar-refractivity contribution in [1.82, 2.24) is 0 Å². The number of aliphatic hydroxyl groups excluding tert-OH is 2. The predicted molar refractivity (Wildman–Crippen MR) is 28.4 cm³/mol. The molecule has 0 aromatic carbocycles. The number of nitroso groups, excluding NO2 is 1. The molecule has 0 saturated heterocycles. The lowest BCUT2D eigenvalue weighted by molar-refractivity contribution is 0.221. The largest absolute Gasteiger partial charge is 0.396 e. The Hall–Kier alpha value is -0.480. The molecule has 0 aliphatic heterocycles. The summed E-state index contributed by atoms with van der Waals surface area (Å²) in [4.78, 5) is 9.60. The average Bonchev–Trinajstić information content (AvgIpc) is 1.83. The fourth-order valence-corrected chi connectivity index (χ4v) is 0.326. The first-order valence-electron chi connectivity index (χ1n) is 2.39. The van der Waals surface area contributed by atoms with E-state index in [1.165, 1.54) is 0 Å². The van der Waals surface area contributed by atoms with Crippen molar-refractivity contribution in [3.05, 3.63) is 4.91 Å². The van der Waals surface area contributed by atoms with E-state index >= 15 is 0 Å². The molecule has 8 heavy (non-hydrogen) atoms. The third-order valence-corrected chi connectivity index (χ3v) is 0.822. The summed E-state index contributed by atoms with van der Waals surface area (Å²) in [6, 6.07) is -0.625. The Labute approximate surface area is 47.1 Å². The minimum atomic E-state index is -0.625. The third-order valence-electron chi connectivity index (χ3n) is 0.822. The topological polar surface area (TPSA) is 69.9 Å². The lowest BCUT2D eigenvalue weighted by Gasteiger charge is -1.98. The third kappa shape index (κ3) is 2.65. The van der Waals surface area contributed by atoms with Gasteiger partial charge in [0.05, 0.1) is 6.61 Å². The Bertz CT molecular complexity index is 66.3. The van der Waals surface area contributed by atoms with Gasteiger partial charge in [0.1, 0.15) is 6.04 Å². The highest BCUT2D eigenvalue weighted by Crippen LogP contribution is 1.92. The van der Waals surface area contributed by atoms with Crippen LogP contribution >= 0.6 is 0 Å². The summed E-state index contributed by atoms with van der Waals surface area (Å²) in [5, 5.41) is 19.0. The van der Waals surface area contributed by atoms with Crippen LogP contribution in [0, 0.1) is 4.91 Å². The summed E-state index contributed by atoms with van der Waals surface area (Å²) < 4.78 is 0. The van der Waals surface area contributed by atoms with Crippen LogP contribution in [0.2, 0.25) is 0 Å². The normalized spacial score (nSPS) is 13.2. The molecule has 1 unspecified atom stereocenters. The first-order valence-corrected chi connectivity index (χ1v) is 2.39. The van der Waals surface area contributed by atoms with Crippen LogP contribution in [-0.4, -0.2) is 29.5 Å². The number of nitrogens with zero attached hydrogens (tertiary/aromatic N) is 1. The number of rotatable bonds is 4. The van der Waals surface area contributed by atoms with Crippen LogP contribution in [0.3, 0.4) is 0 Å². The van der Waals surface area contributed by atoms with E-state index in [-0.39, 0.29) is 19.6 Å². The van der Waals surface area contributed by atoms with Crippen molar-refractivity contribution in [1.29, 1.82) is 0 Å². The summed E-state index contributed by atoms with van der Waals surface area (Å²) in [7, 11) is 0. The van der Waals surface area contributed by atoms with Crippen LogP contribution in [-0.2, 0) is 0 Å². The number of aliphatic hydroxyl groups is 2. The maximum atomic E-state index is 9.60. The molecular weight excluding hydrogens is 110 g/mol. The maximum absolute atomic E-state index is 9.60. The highest BCUT2D eigenvalue weighted by atomic mass is 16.3. The second kappa shape index (κ2) is 4.67. The molecule has 0 aromatic rings. The van der Waals surface area contributed by atoms with Crippen LogP contribution in [0.25, 0.3) is 0 Å². The zero-order chi connectivity index (χ0) is 6.41. The standard InChI is InChI=1S/C4H9NO3/c6-2-1-4(3-7)5-8/h4,6-7H,1-3H2. The summed E-state index contributed by atoms with van der Waals surface area (Å²) in [6.45, 7) is -0.374. The molecule has 0 bridgehead atoms. The van der Waals surface area contributed by atoms with E-state index in [4.69, 9.17) is 10.2 Å². The van der Waals surface area contributed by atoms with Crippen molar-refractivity contribution in [3.63, 3.8) is 0 Å². The molecule has 0 aromatic heterocycles. The van der Waals surface area contributed by atoms with Gasteiger partial charge in [-0.25, -0.2) is 0 Å². The van der Waals surface area contributed by atoms with Gasteiger partial charge in [0.25, 0.3) is 0 Å². The molecule has 0 radical (unpaired) electrons. The highest BCUT2D eigenvalue weighted by molar-refractivity contribution is 4.61. The van der Waals surface area contributed by atoms with E-state index in [0.29, 0.717) is 0 Å². The van der Waals surface area contributed by atoms with Crippen molar-refractivity contribution in [2.45, 2.75) is 12.5 Å². The molecule has 1 atom stereocenters. The van der Waals surface area contributed by atoms with Gasteiger partial charge in [-0.3, -0.25) is 0 Å². The molecule has 0 heterocycles. The Morgan fingerprint density at radius 1 is 1.50 bits per heavy atom. The van der Waals surface area contributed by atoms with Crippen molar-refractivity contribution < 1.29 is 10.2 Å². The van der Waals surface area contributed by atoms with Gasteiger partial charge >= 0.3 is 0 Å². The highest BCUT2D eigenvalue weighted by Gasteiger charge is 2.03. The molecule has 4 heteroatoms. The van der Waals surface area contributed by atoms with Crippen LogP contribution < -0.4 is 0 Å². The lowest BCUT2D eigenvalue weighted by Crippen LogP contribution is -2.10. The summed E-state index contributed by atoms with van der Waals surface area (Å²) in [5.41, 5.74) is 0. The fourth-order valence-electron chi connectivity index (χ4n) is 0.326. The van der Waals surface area contributed by atoms with Crippen LogP contribution in [0.4, 0.5) is 0 Å². The maximum Gasteiger partial charge on any atom is 0.117 e. The monoisotopic (exact) mass is 119 g/mol. The van der Waals surface area contributed by atoms with Crippen molar-refractivity contribution in [3.8, 4) is 0 Å². The first-order chi connectivity index (χ1) is 3.85. The van der Waals surface area contributed by atoms with Gasteiger partial charge in [0.15, 0.2) is 0 Å². The van der Waals surface area contributed by atoms with Gasteiger partial charge in [-0.2, -0.15) is 4.91 Å². The Kier molecular flexibility index (Phi) is 4.39. The molecule has 0 aliphatic carbocycles. The van der Waals surface area contributed by atoms with Gasteiger partial charge < -0.3 is 10.2 Å². The van der Waals surface area contributed by atoms with Gasteiger partial charge in [-0.05, 0) is 6.42 Å². The van der Waals surface area contributed by atoms with E-state index < -0.39 is 6.04 Å². The molecule has 4 nitrogen and oxygen atoms in total. The van der Waals surface area contributed by atoms with Gasteiger partial charge in [-0.15, -0.1) is 0 Å². The van der Waals surface area contributed by atoms with E-state index in [0.717, 1.165) is 0 Å². The van der Waals surface area contributed by atoms with Crippen molar-refractivity contribution in [2.75, 3.05) is 13.2 Å². The second-order valence-corrected chi connectivity index (χ2v) is 1.45. The molecule has 2 N–H and O–H groups in total. The van der Waals surface area contributed by atoms with E-state index in [1.54, 1.807) is 0 Å². The lowest BCUT2D eigenvalue weighted by atomic mass is 10.2. The second-order valence-electron chi connectivity index (χ2n) is 1.45. The van der Waals surface area contributed by atoms with Crippen LogP contribution in [0.1, 0.15) is 6.42 Å². The average molecular weight is 119 g/mol. The Morgan fingerprint density at radius 3 is 2.25 bits per heavy atom. The number of hydrogen-bond acceptors (Lipinski definition) is 4. The Morgan fingerprint density at radius 2 is 2.12 bits per heavy atom. The molecule has 0 rings (SSSR count). The van der Waals surface area contributed by atoms with E-state index in [1.807, 2.05) is 0 Å². The van der Waals surface area contributed by atoms with E-state index in [2.05, 4.69) is 5.18 Å². The zero-order valence-electron chi connectivity index (χ0n) is 4.45.